The number of nitrogens with zero attached hydrogens (tertiary/aromatic N) is 1. The monoisotopic (exact) mass is 362 g/mol. The summed E-state index contributed by atoms with van der Waals surface area (Å²) in [5, 5.41) is 11.6. The van der Waals surface area contributed by atoms with Crippen molar-refractivity contribution < 1.29 is 14.3 Å². The summed E-state index contributed by atoms with van der Waals surface area (Å²) in [4.78, 5) is 24.2. The number of anilines is 1. The first-order chi connectivity index (χ1) is 11.4. The molecule has 0 radical (unpaired) electrons. The molecule has 0 unspecified atom stereocenters. The Morgan fingerprint density at radius 2 is 1.83 bits per heavy atom. The molecule has 7 heteroatoms. The Balaban J connectivity index is 2.01. The highest BCUT2D eigenvalue weighted by atomic mass is 35.5. The summed E-state index contributed by atoms with van der Waals surface area (Å²) in [5.74, 6) is -1.25. The van der Waals surface area contributed by atoms with Crippen LogP contribution in [0.2, 0.25) is 10.0 Å². The fourth-order valence-corrected chi connectivity index (χ4v) is 2.19. The van der Waals surface area contributed by atoms with Gasteiger partial charge in [-0.3, -0.25) is 4.79 Å². The molecule has 1 N–H and O–H groups in total. The molecular weight excluding hydrogens is 351 g/mol. The van der Waals surface area contributed by atoms with Crippen molar-refractivity contribution in [1.82, 2.24) is 0 Å². The second-order valence-corrected chi connectivity index (χ2v) is 5.61. The van der Waals surface area contributed by atoms with Gasteiger partial charge in [0.1, 0.15) is 0 Å². The Labute approximate surface area is 148 Å². The van der Waals surface area contributed by atoms with E-state index in [4.69, 9.17) is 33.2 Å². The third-order valence-corrected chi connectivity index (χ3v) is 3.92. The average molecular weight is 363 g/mol. The summed E-state index contributed by atoms with van der Waals surface area (Å²) < 4.78 is 5.10. The molecule has 122 valence electrons. The van der Waals surface area contributed by atoms with Gasteiger partial charge in [-0.1, -0.05) is 29.3 Å². The zero-order valence-electron chi connectivity index (χ0n) is 12.5. The smallest absolute Gasteiger partial charge is 0.340 e. The standard InChI is InChI=1S/C17H12Cl2N2O3/c1-10(16(22)21-12-7-5-11(9-20)6-8-12)24-17(23)13-3-2-4-14(18)15(13)19/h2-8,10H,1H3,(H,21,22)/t10-/m1/s1. The van der Waals surface area contributed by atoms with Crippen LogP contribution in [0.1, 0.15) is 22.8 Å². The average Bonchev–Trinajstić information content (AvgIpc) is 2.57. The van der Waals surface area contributed by atoms with E-state index in [2.05, 4.69) is 5.32 Å². The molecule has 0 saturated carbocycles. The number of nitrogens with one attached hydrogen (secondary N) is 1. The number of nitriles is 1. The SMILES string of the molecule is C[C@@H](OC(=O)c1cccc(Cl)c1Cl)C(=O)Nc1ccc(C#N)cc1. The highest BCUT2D eigenvalue weighted by Crippen LogP contribution is 2.26. The third-order valence-electron chi connectivity index (χ3n) is 3.11. The summed E-state index contributed by atoms with van der Waals surface area (Å²) >= 11 is 11.8. The van der Waals surface area contributed by atoms with Gasteiger partial charge in [-0.25, -0.2) is 4.79 Å². The lowest BCUT2D eigenvalue weighted by atomic mass is 10.2. The van der Waals surface area contributed by atoms with Gasteiger partial charge in [0, 0.05) is 5.69 Å². The molecule has 0 fully saturated rings. The van der Waals surface area contributed by atoms with Crippen LogP contribution in [-0.2, 0) is 9.53 Å². The van der Waals surface area contributed by atoms with E-state index < -0.39 is 18.0 Å². The number of hydrogen-bond acceptors (Lipinski definition) is 4. The molecule has 0 heterocycles. The number of benzene rings is 2. The van der Waals surface area contributed by atoms with Gasteiger partial charge >= 0.3 is 5.97 Å². The van der Waals surface area contributed by atoms with Gasteiger partial charge in [-0.15, -0.1) is 0 Å². The van der Waals surface area contributed by atoms with E-state index in [1.165, 1.54) is 13.0 Å². The van der Waals surface area contributed by atoms with Gasteiger partial charge in [-0.2, -0.15) is 5.26 Å². The van der Waals surface area contributed by atoms with Crippen molar-refractivity contribution in [3.63, 3.8) is 0 Å². The number of hydrogen-bond donors (Lipinski definition) is 1. The normalized spacial score (nSPS) is 11.2. The van der Waals surface area contributed by atoms with Crippen molar-refractivity contribution >= 4 is 40.8 Å². The Morgan fingerprint density at radius 3 is 2.46 bits per heavy atom. The first kappa shape index (κ1) is 17.8. The van der Waals surface area contributed by atoms with Crippen LogP contribution in [-0.4, -0.2) is 18.0 Å². The molecular formula is C17H12Cl2N2O3. The molecule has 2 aromatic rings. The summed E-state index contributed by atoms with van der Waals surface area (Å²) in [6, 6.07) is 12.8. The number of carbonyl (C=O) groups is 2. The molecule has 0 aromatic heterocycles. The fraction of sp³-hybridized carbons (Fsp3) is 0.118. The molecule has 0 bridgehead atoms. The largest absolute Gasteiger partial charge is 0.449 e. The molecule has 2 rings (SSSR count). The Kier molecular flexibility index (Phi) is 5.80. The van der Waals surface area contributed by atoms with Crippen molar-refractivity contribution in [2.24, 2.45) is 0 Å². The van der Waals surface area contributed by atoms with Crippen LogP contribution in [0.25, 0.3) is 0 Å². The van der Waals surface area contributed by atoms with E-state index in [0.29, 0.717) is 11.3 Å². The van der Waals surface area contributed by atoms with Crippen LogP contribution in [0.5, 0.6) is 0 Å². The number of rotatable bonds is 4. The van der Waals surface area contributed by atoms with E-state index in [0.717, 1.165) is 0 Å². The van der Waals surface area contributed by atoms with E-state index in [-0.39, 0.29) is 15.6 Å². The predicted molar refractivity (Wildman–Crippen MR) is 91.1 cm³/mol. The van der Waals surface area contributed by atoms with Crippen molar-refractivity contribution in [1.29, 1.82) is 5.26 Å². The molecule has 1 amide bonds. The maximum atomic E-state index is 12.1. The molecule has 0 saturated heterocycles. The highest BCUT2D eigenvalue weighted by Gasteiger charge is 2.21. The minimum atomic E-state index is -1.04. The van der Waals surface area contributed by atoms with E-state index in [9.17, 15) is 9.59 Å². The Morgan fingerprint density at radius 1 is 1.17 bits per heavy atom. The minimum Gasteiger partial charge on any atom is -0.449 e. The molecule has 24 heavy (non-hydrogen) atoms. The lowest BCUT2D eigenvalue weighted by Crippen LogP contribution is -2.30. The summed E-state index contributed by atoms with van der Waals surface area (Å²) in [7, 11) is 0. The van der Waals surface area contributed by atoms with Crippen molar-refractivity contribution in [3.8, 4) is 6.07 Å². The molecule has 1 atom stereocenters. The van der Waals surface area contributed by atoms with Crippen molar-refractivity contribution in [2.75, 3.05) is 5.32 Å². The van der Waals surface area contributed by atoms with Crippen molar-refractivity contribution in [3.05, 3.63) is 63.6 Å². The molecule has 0 aliphatic heterocycles. The van der Waals surface area contributed by atoms with Gasteiger partial charge in [0.05, 0.1) is 27.2 Å². The summed E-state index contributed by atoms with van der Waals surface area (Å²) in [5.41, 5.74) is 1.05. The Hall–Kier alpha value is -2.55. The first-order valence-electron chi connectivity index (χ1n) is 6.88. The van der Waals surface area contributed by atoms with Gasteiger partial charge in [0.15, 0.2) is 6.10 Å². The second kappa shape index (κ2) is 7.82. The van der Waals surface area contributed by atoms with Crippen LogP contribution < -0.4 is 5.32 Å². The molecule has 0 aliphatic carbocycles. The molecule has 5 nitrogen and oxygen atoms in total. The number of ether oxygens (including phenoxy) is 1. The minimum absolute atomic E-state index is 0.0730. The fourth-order valence-electron chi connectivity index (χ4n) is 1.81. The topological polar surface area (TPSA) is 79.2 Å². The quantitative estimate of drug-likeness (QED) is 0.832. The van der Waals surface area contributed by atoms with Gasteiger partial charge < -0.3 is 10.1 Å². The predicted octanol–water partition coefficient (Wildman–Crippen LogP) is 4.05. The molecule has 2 aromatic carbocycles. The van der Waals surface area contributed by atoms with Crippen LogP contribution in [0.4, 0.5) is 5.69 Å². The maximum Gasteiger partial charge on any atom is 0.340 e. The third kappa shape index (κ3) is 4.25. The van der Waals surface area contributed by atoms with E-state index >= 15 is 0 Å². The van der Waals surface area contributed by atoms with Gasteiger partial charge in [-0.05, 0) is 43.3 Å². The highest BCUT2D eigenvalue weighted by molar-refractivity contribution is 6.43. The van der Waals surface area contributed by atoms with Crippen LogP contribution in [0, 0.1) is 11.3 Å². The zero-order valence-corrected chi connectivity index (χ0v) is 14.1. The zero-order chi connectivity index (χ0) is 17.7. The number of halogens is 2. The first-order valence-corrected chi connectivity index (χ1v) is 7.64. The number of carbonyl (C=O) groups excluding carboxylic acids is 2. The van der Waals surface area contributed by atoms with Crippen molar-refractivity contribution in [2.45, 2.75) is 13.0 Å². The number of esters is 1. The maximum absolute atomic E-state index is 12.1. The number of amides is 1. The van der Waals surface area contributed by atoms with Gasteiger partial charge in [0.25, 0.3) is 5.91 Å². The van der Waals surface area contributed by atoms with Crippen LogP contribution >= 0.6 is 23.2 Å². The molecule has 0 aliphatic rings. The van der Waals surface area contributed by atoms with Gasteiger partial charge in [0.2, 0.25) is 0 Å². The molecule has 0 spiro atoms. The van der Waals surface area contributed by atoms with E-state index in [1.807, 2.05) is 6.07 Å². The van der Waals surface area contributed by atoms with Crippen LogP contribution in [0.3, 0.4) is 0 Å². The van der Waals surface area contributed by atoms with Crippen LogP contribution in [0.15, 0.2) is 42.5 Å². The van der Waals surface area contributed by atoms with E-state index in [1.54, 1.807) is 36.4 Å². The Bertz CT molecular complexity index is 814. The lowest BCUT2D eigenvalue weighted by molar-refractivity contribution is -0.123. The summed E-state index contributed by atoms with van der Waals surface area (Å²) in [6.45, 7) is 1.44. The second-order valence-electron chi connectivity index (χ2n) is 4.83. The lowest BCUT2D eigenvalue weighted by Gasteiger charge is -2.14. The summed E-state index contributed by atoms with van der Waals surface area (Å²) in [6.07, 6.45) is -1.04.